The van der Waals surface area contributed by atoms with Gasteiger partial charge in [-0.2, -0.15) is 5.10 Å². The molecular weight excluding hydrogens is 345 g/mol. The van der Waals surface area contributed by atoms with E-state index in [-0.39, 0.29) is 11.9 Å². The Balaban J connectivity index is 1.56. The van der Waals surface area contributed by atoms with Crippen LogP contribution in [0.25, 0.3) is 11.5 Å². The van der Waals surface area contributed by atoms with Gasteiger partial charge in [0.2, 0.25) is 0 Å². The van der Waals surface area contributed by atoms with Gasteiger partial charge in [0.1, 0.15) is 30.1 Å². The van der Waals surface area contributed by atoms with Gasteiger partial charge in [-0.05, 0) is 38.1 Å². The predicted molar refractivity (Wildman–Crippen MR) is 99.5 cm³/mol. The van der Waals surface area contributed by atoms with Crippen LogP contribution in [0.1, 0.15) is 24.2 Å². The molecule has 3 heterocycles. The second-order valence-electron chi connectivity index (χ2n) is 6.17. The molecule has 8 heteroatoms. The molecule has 27 heavy (non-hydrogen) atoms. The minimum atomic E-state index is -0.267. The highest BCUT2D eigenvalue weighted by Gasteiger charge is 2.15. The number of aromatic nitrogens is 6. The van der Waals surface area contributed by atoms with Crippen LogP contribution in [-0.4, -0.2) is 29.3 Å². The molecule has 0 saturated heterocycles. The van der Waals surface area contributed by atoms with Crippen LogP contribution < -0.4 is 5.32 Å². The van der Waals surface area contributed by atoms with E-state index in [4.69, 9.17) is 0 Å². The van der Waals surface area contributed by atoms with Gasteiger partial charge in [-0.3, -0.25) is 4.57 Å². The topological polar surface area (TPSA) is 73.5 Å². The Morgan fingerprint density at radius 2 is 1.96 bits per heavy atom. The normalized spacial score (nSPS) is 12.1. The molecule has 0 aliphatic carbocycles. The Kier molecular flexibility index (Phi) is 4.37. The first-order chi connectivity index (χ1) is 13.1. The molecule has 136 valence electrons. The molecule has 0 aliphatic rings. The molecule has 0 spiro atoms. The van der Waals surface area contributed by atoms with Crippen LogP contribution in [0.3, 0.4) is 0 Å². The summed E-state index contributed by atoms with van der Waals surface area (Å²) in [6.45, 7) is 4.03. The summed E-state index contributed by atoms with van der Waals surface area (Å²) < 4.78 is 16.8. The van der Waals surface area contributed by atoms with Gasteiger partial charge in [-0.15, -0.1) is 0 Å². The van der Waals surface area contributed by atoms with Crippen LogP contribution in [0.15, 0.2) is 61.6 Å². The van der Waals surface area contributed by atoms with Crippen molar-refractivity contribution in [3.8, 4) is 11.5 Å². The molecule has 7 nitrogen and oxygen atoms in total. The van der Waals surface area contributed by atoms with Gasteiger partial charge >= 0.3 is 0 Å². The van der Waals surface area contributed by atoms with E-state index in [1.165, 1.54) is 18.5 Å². The summed E-state index contributed by atoms with van der Waals surface area (Å²) in [5, 5.41) is 7.82. The number of nitrogens with one attached hydrogen (secondary N) is 1. The van der Waals surface area contributed by atoms with Crippen LogP contribution in [-0.2, 0) is 0 Å². The average Bonchev–Trinajstić information content (AvgIpc) is 3.33. The maximum atomic E-state index is 13.2. The summed E-state index contributed by atoms with van der Waals surface area (Å²) in [7, 11) is 0. The average molecular weight is 363 g/mol. The molecule has 3 aromatic heterocycles. The standard InChI is InChI=1S/C19H18FN7/c1-13(25-18-9-19(23-11-22-18)26-8-7-21-12-26)17-10-24-27(14(17)2)16-5-3-15(20)4-6-16/h3-13H,1-2H3,(H,22,23,25). The first-order valence-electron chi connectivity index (χ1n) is 8.49. The van der Waals surface area contributed by atoms with Gasteiger partial charge in [0.25, 0.3) is 0 Å². The summed E-state index contributed by atoms with van der Waals surface area (Å²) in [5.74, 6) is 1.17. The van der Waals surface area contributed by atoms with Gasteiger partial charge in [0, 0.05) is 29.7 Å². The number of halogens is 1. The Morgan fingerprint density at radius 3 is 2.70 bits per heavy atom. The van der Waals surface area contributed by atoms with Crippen molar-refractivity contribution in [2.24, 2.45) is 0 Å². The van der Waals surface area contributed by atoms with E-state index in [0.29, 0.717) is 5.82 Å². The van der Waals surface area contributed by atoms with Gasteiger partial charge in [-0.25, -0.2) is 24.0 Å². The maximum Gasteiger partial charge on any atom is 0.143 e. The third-order valence-corrected chi connectivity index (χ3v) is 4.37. The molecule has 0 saturated carbocycles. The molecule has 0 bridgehead atoms. The van der Waals surface area contributed by atoms with E-state index in [1.807, 2.05) is 36.9 Å². The molecule has 4 rings (SSSR count). The third-order valence-electron chi connectivity index (χ3n) is 4.37. The van der Waals surface area contributed by atoms with E-state index >= 15 is 0 Å². The Labute approximate surface area is 155 Å². The summed E-state index contributed by atoms with van der Waals surface area (Å²) in [5.41, 5.74) is 2.82. The van der Waals surface area contributed by atoms with Crippen LogP contribution in [0.4, 0.5) is 10.2 Å². The molecular formula is C19H18FN7. The van der Waals surface area contributed by atoms with E-state index < -0.39 is 0 Å². The van der Waals surface area contributed by atoms with Crippen molar-refractivity contribution in [1.29, 1.82) is 0 Å². The molecule has 0 fully saturated rings. The fourth-order valence-corrected chi connectivity index (χ4v) is 2.95. The van der Waals surface area contributed by atoms with Crippen molar-refractivity contribution >= 4 is 5.82 Å². The second kappa shape index (κ2) is 6.99. The smallest absolute Gasteiger partial charge is 0.143 e. The lowest BCUT2D eigenvalue weighted by molar-refractivity contribution is 0.627. The lowest BCUT2D eigenvalue weighted by atomic mass is 10.1. The number of nitrogens with zero attached hydrogens (tertiary/aromatic N) is 6. The Hall–Kier alpha value is -3.55. The van der Waals surface area contributed by atoms with Crippen molar-refractivity contribution in [1.82, 2.24) is 29.3 Å². The van der Waals surface area contributed by atoms with Gasteiger partial charge in [-0.1, -0.05) is 0 Å². The van der Waals surface area contributed by atoms with Gasteiger partial charge in [0.05, 0.1) is 17.9 Å². The molecule has 1 atom stereocenters. The number of benzene rings is 1. The summed E-state index contributed by atoms with van der Waals surface area (Å²) in [6.07, 6.45) is 8.54. The molecule has 0 amide bonds. The van der Waals surface area contributed by atoms with Crippen molar-refractivity contribution in [3.63, 3.8) is 0 Å². The fourth-order valence-electron chi connectivity index (χ4n) is 2.95. The van der Waals surface area contributed by atoms with Crippen LogP contribution in [0.5, 0.6) is 0 Å². The van der Waals surface area contributed by atoms with Crippen molar-refractivity contribution < 1.29 is 4.39 Å². The minimum Gasteiger partial charge on any atom is -0.363 e. The summed E-state index contributed by atoms with van der Waals surface area (Å²) in [4.78, 5) is 12.6. The van der Waals surface area contributed by atoms with E-state index in [9.17, 15) is 4.39 Å². The van der Waals surface area contributed by atoms with Crippen LogP contribution in [0.2, 0.25) is 0 Å². The quantitative estimate of drug-likeness (QED) is 0.588. The highest BCUT2D eigenvalue weighted by molar-refractivity contribution is 5.44. The first-order valence-corrected chi connectivity index (χ1v) is 8.49. The second-order valence-corrected chi connectivity index (χ2v) is 6.17. The Bertz CT molecular complexity index is 1040. The van der Waals surface area contributed by atoms with Crippen LogP contribution in [0, 0.1) is 12.7 Å². The Morgan fingerprint density at radius 1 is 1.15 bits per heavy atom. The molecule has 0 radical (unpaired) electrons. The van der Waals surface area contributed by atoms with E-state index in [1.54, 1.807) is 29.3 Å². The van der Waals surface area contributed by atoms with Crippen LogP contribution >= 0.6 is 0 Å². The van der Waals surface area contributed by atoms with Gasteiger partial charge < -0.3 is 5.32 Å². The number of hydrogen-bond donors (Lipinski definition) is 1. The lowest BCUT2D eigenvalue weighted by Gasteiger charge is -2.15. The molecule has 1 unspecified atom stereocenters. The fraction of sp³-hybridized carbons (Fsp3) is 0.158. The first kappa shape index (κ1) is 16.9. The third kappa shape index (κ3) is 3.41. The van der Waals surface area contributed by atoms with Crippen molar-refractivity contribution in [3.05, 3.63) is 78.7 Å². The molecule has 4 aromatic rings. The summed E-state index contributed by atoms with van der Waals surface area (Å²) in [6, 6.07) is 8.10. The van der Waals surface area contributed by atoms with Crippen molar-refractivity contribution in [2.75, 3.05) is 5.32 Å². The number of anilines is 1. The highest BCUT2D eigenvalue weighted by Crippen LogP contribution is 2.23. The molecule has 1 aromatic carbocycles. The highest BCUT2D eigenvalue weighted by atomic mass is 19.1. The number of hydrogen-bond acceptors (Lipinski definition) is 5. The minimum absolute atomic E-state index is 0.0234. The molecule has 0 aliphatic heterocycles. The largest absolute Gasteiger partial charge is 0.363 e. The summed E-state index contributed by atoms with van der Waals surface area (Å²) >= 11 is 0. The predicted octanol–water partition coefficient (Wildman–Crippen LogP) is 3.47. The van der Waals surface area contributed by atoms with E-state index in [0.717, 1.165) is 22.8 Å². The number of imidazole rings is 1. The molecule has 1 N–H and O–H groups in total. The van der Waals surface area contributed by atoms with Crippen molar-refractivity contribution in [2.45, 2.75) is 19.9 Å². The maximum absolute atomic E-state index is 13.2. The monoisotopic (exact) mass is 363 g/mol. The van der Waals surface area contributed by atoms with E-state index in [2.05, 4.69) is 25.4 Å². The lowest BCUT2D eigenvalue weighted by Crippen LogP contribution is -2.10. The van der Waals surface area contributed by atoms with Gasteiger partial charge in [0.15, 0.2) is 0 Å². The number of rotatable bonds is 5. The zero-order chi connectivity index (χ0) is 18.8. The zero-order valence-corrected chi connectivity index (χ0v) is 14.9. The SMILES string of the molecule is Cc1c(C(C)Nc2cc(-n3ccnc3)ncn2)cnn1-c1ccc(F)cc1. The zero-order valence-electron chi connectivity index (χ0n) is 14.9.